The van der Waals surface area contributed by atoms with E-state index in [2.05, 4.69) is 5.32 Å². The average Bonchev–Trinajstić information content (AvgIpc) is 1.99. The third kappa shape index (κ3) is 4.92. The van der Waals surface area contributed by atoms with Crippen LogP contribution in [0.1, 0.15) is 27.7 Å². The Bertz CT molecular complexity index is 229. The summed E-state index contributed by atoms with van der Waals surface area (Å²) in [6.45, 7) is 5.75. The first-order valence-corrected chi connectivity index (χ1v) is 4.60. The Labute approximate surface area is 88.2 Å². The molecule has 1 unspecified atom stereocenters. The average molecular weight is 224 g/mol. The van der Waals surface area contributed by atoms with Gasteiger partial charge in [0, 0.05) is 6.54 Å². The fraction of sp³-hybridized carbons (Fsp3) is 0.889. The van der Waals surface area contributed by atoms with Gasteiger partial charge in [-0.05, 0) is 27.7 Å². The summed E-state index contributed by atoms with van der Waals surface area (Å²) in [6.07, 6.45) is -3.63. The highest BCUT2D eigenvalue weighted by molar-refractivity contribution is 5.68. The van der Waals surface area contributed by atoms with Gasteiger partial charge in [0.25, 0.3) is 6.43 Å². The zero-order valence-electron chi connectivity index (χ0n) is 9.43. The molecule has 0 aliphatic carbocycles. The van der Waals surface area contributed by atoms with Crippen molar-refractivity contribution in [2.75, 3.05) is 6.54 Å². The van der Waals surface area contributed by atoms with Gasteiger partial charge in [-0.15, -0.1) is 0 Å². The summed E-state index contributed by atoms with van der Waals surface area (Å²) in [5.41, 5.74) is 2.70. The number of alkyl carbamates (subject to hydrolysis) is 1. The van der Waals surface area contributed by atoms with Crippen LogP contribution in [-0.4, -0.2) is 30.2 Å². The largest absolute Gasteiger partial charge is 0.444 e. The van der Waals surface area contributed by atoms with Gasteiger partial charge in [-0.3, -0.25) is 0 Å². The second-order valence-corrected chi connectivity index (χ2v) is 4.55. The number of rotatable bonds is 3. The second kappa shape index (κ2) is 4.74. The maximum atomic E-state index is 12.5. The fourth-order valence-corrected chi connectivity index (χ4v) is 0.731. The van der Waals surface area contributed by atoms with E-state index in [9.17, 15) is 13.6 Å². The molecule has 6 heteroatoms. The van der Waals surface area contributed by atoms with Crippen molar-refractivity contribution < 1.29 is 18.3 Å². The van der Waals surface area contributed by atoms with Crippen molar-refractivity contribution in [3.05, 3.63) is 0 Å². The predicted octanol–water partition coefficient (Wildman–Crippen LogP) is 1.49. The number of alkyl halides is 2. The number of ether oxygens (including phenoxy) is 1. The third-order valence-electron chi connectivity index (χ3n) is 1.69. The van der Waals surface area contributed by atoms with Gasteiger partial charge in [0.15, 0.2) is 0 Å². The highest BCUT2D eigenvalue weighted by Crippen LogP contribution is 2.15. The minimum absolute atomic E-state index is 0.357. The summed E-state index contributed by atoms with van der Waals surface area (Å²) in [6, 6.07) is 0. The first-order valence-electron chi connectivity index (χ1n) is 4.60. The first-order chi connectivity index (χ1) is 6.60. The van der Waals surface area contributed by atoms with Gasteiger partial charge in [-0.2, -0.15) is 0 Å². The summed E-state index contributed by atoms with van der Waals surface area (Å²) in [5.74, 6) is 0. The van der Waals surface area contributed by atoms with E-state index in [4.69, 9.17) is 10.5 Å². The molecule has 0 rings (SSSR count). The summed E-state index contributed by atoms with van der Waals surface area (Å²) in [5, 5.41) is 2.06. The van der Waals surface area contributed by atoms with Crippen LogP contribution in [0.15, 0.2) is 0 Å². The van der Waals surface area contributed by atoms with E-state index < -0.39 is 23.7 Å². The van der Waals surface area contributed by atoms with Crippen LogP contribution >= 0.6 is 0 Å². The van der Waals surface area contributed by atoms with Crippen LogP contribution in [0.25, 0.3) is 0 Å². The molecule has 1 amide bonds. The third-order valence-corrected chi connectivity index (χ3v) is 1.69. The van der Waals surface area contributed by atoms with Crippen molar-refractivity contribution in [1.29, 1.82) is 0 Å². The lowest BCUT2D eigenvalue weighted by Crippen LogP contribution is -2.57. The Morgan fingerprint density at radius 2 is 1.87 bits per heavy atom. The zero-order valence-corrected chi connectivity index (χ0v) is 9.43. The lowest BCUT2D eigenvalue weighted by atomic mass is 10.0. The molecule has 0 saturated carbocycles. The number of hydrogen-bond acceptors (Lipinski definition) is 3. The number of halogens is 2. The molecule has 0 aromatic carbocycles. The van der Waals surface area contributed by atoms with Crippen LogP contribution in [0.5, 0.6) is 0 Å². The van der Waals surface area contributed by atoms with E-state index >= 15 is 0 Å². The van der Waals surface area contributed by atoms with Crippen LogP contribution in [0.3, 0.4) is 0 Å². The van der Waals surface area contributed by atoms with Crippen molar-refractivity contribution in [3.8, 4) is 0 Å². The van der Waals surface area contributed by atoms with E-state index in [1.54, 1.807) is 20.8 Å². The molecular formula is C9H18F2N2O2. The quantitative estimate of drug-likeness (QED) is 0.763. The number of carbonyl (C=O) groups is 1. The maximum Gasteiger partial charge on any atom is 0.408 e. The van der Waals surface area contributed by atoms with E-state index in [0.29, 0.717) is 0 Å². The molecule has 3 N–H and O–H groups in total. The van der Waals surface area contributed by atoms with Crippen LogP contribution in [0.2, 0.25) is 0 Å². The summed E-state index contributed by atoms with van der Waals surface area (Å²) in [7, 11) is 0. The molecule has 4 nitrogen and oxygen atoms in total. The topological polar surface area (TPSA) is 64.3 Å². The Hall–Kier alpha value is -0.910. The Balaban J connectivity index is 4.39. The number of nitrogens with two attached hydrogens (primary N) is 1. The Morgan fingerprint density at radius 3 is 2.13 bits per heavy atom. The molecule has 0 bridgehead atoms. The van der Waals surface area contributed by atoms with Gasteiger partial charge in [-0.25, -0.2) is 13.6 Å². The summed E-state index contributed by atoms with van der Waals surface area (Å²) < 4.78 is 29.9. The van der Waals surface area contributed by atoms with Crippen molar-refractivity contribution >= 4 is 6.09 Å². The molecule has 0 fully saturated rings. The zero-order chi connectivity index (χ0) is 12.3. The molecule has 0 aliphatic heterocycles. The van der Waals surface area contributed by atoms with E-state index in [0.717, 1.165) is 0 Å². The first kappa shape index (κ1) is 14.1. The highest BCUT2D eigenvalue weighted by Gasteiger charge is 2.36. The van der Waals surface area contributed by atoms with Crippen molar-refractivity contribution in [3.63, 3.8) is 0 Å². The SMILES string of the molecule is CC(C)(C)OC(=O)NC(C)(CN)C(F)F. The molecule has 0 aromatic rings. The molecule has 0 spiro atoms. The van der Waals surface area contributed by atoms with Gasteiger partial charge >= 0.3 is 6.09 Å². The van der Waals surface area contributed by atoms with Gasteiger partial charge in [0.05, 0.1) is 0 Å². The van der Waals surface area contributed by atoms with Crippen molar-refractivity contribution in [2.24, 2.45) is 5.73 Å². The lowest BCUT2D eigenvalue weighted by Gasteiger charge is -2.29. The molecular weight excluding hydrogens is 206 g/mol. The van der Waals surface area contributed by atoms with Crippen LogP contribution in [-0.2, 0) is 4.74 Å². The molecule has 15 heavy (non-hydrogen) atoms. The highest BCUT2D eigenvalue weighted by atomic mass is 19.3. The predicted molar refractivity (Wildman–Crippen MR) is 52.8 cm³/mol. The molecule has 0 saturated heterocycles. The molecule has 0 aliphatic rings. The van der Waals surface area contributed by atoms with Crippen LogP contribution < -0.4 is 11.1 Å². The minimum Gasteiger partial charge on any atom is -0.444 e. The van der Waals surface area contributed by atoms with Crippen molar-refractivity contribution in [2.45, 2.75) is 45.3 Å². The van der Waals surface area contributed by atoms with Crippen molar-refractivity contribution in [1.82, 2.24) is 5.32 Å². The van der Waals surface area contributed by atoms with Gasteiger partial charge in [0.2, 0.25) is 0 Å². The monoisotopic (exact) mass is 224 g/mol. The Morgan fingerprint density at radius 1 is 1.40 bits per heavy atom. The minimum atomic E-state index is -2.74. The molecule has 90 valence electrons. The molecule has 0 aromatic heterocycles. The summed E-state index contributed by atoms with van der Waals surface area (Å²) >= 11 is 0. The van der Waals surface area contributed by atoms with Gasteiger partial charge < -0.3 is 15.8 Å². The molecule has 0 radical (unpaired) electrons. The number of nitrogens with one attached hydrogen (secondary N) is 1. The normalized spacial score (nSPS) is 16.0. The van der Waals surface area contributed by atoms with Gasteiger partial charge in [0.1, 0.15) is 11.1 Å². The molecule has 1 atom stereocenters. The van der Waals surface area contributed by atoms with E-state index in [1.807, 2.05) is 0 Å². The summed E-state index contributed by atoms with van der Waals surface area (Å²) in [4.78, 5) is 11.2. The fourth-order valence-electron chi connectivity index (χ4n) is 0.731. The Kier molecular flexibility index (Phi) is 4.45. The van der Waals surface area contributed by atoms with Gasteiger partial charge in [-0.1, -0.05) is 0 Å². The second-order valence-electron chi connectivity index (χ2n) is 4.55. The maximum absolute atomic E-state index is 12.5. The number of hydrogen-bond donors (Lipinski definition) is 2. The van der Waals surface area contributed by atoms with Crippen LogP contribution in [0, 0.1) is 0 Å². The number of amides is 1. The van der Waals surface area contributed by atoms with Crippen LogP contribution in [0.4, 0.5) is 13.6 Å². The smallest absolute Gasteiger partial charge is 0.408 e. The lowest BCUT2D eigenvalue weighted by molar-refractivity contribution is 0.0157. The number of carbonyl (C=O) groups excluding carboxylic acids is 1. The van der Waals surface area contributed by atoms with E-state index in [-0.39, 0.29) is 6.54 Å². The van der Waals surface area contributed by atoms with E-state index in [1.165, 1.54) is 6.92 Å². The molecule has 0 heterocycles. The standard InChI is InChI=1S/C9H18F2N2O2/c1-8(2,3)15-7(14)13-9(4,5-12)6(10)11/h6H,5,12H2,1-4H3,(H,13,14).